The third-order valence-corrected chi connectivity index (χ3v) is 5.39. The number of hydrogen-bond donors (Lipinski definition) is 1. The molecule has 1 heterocycles. The number of piperidine rings is 1. The van der Waals surface area contributed by atoms with Crippen molar-refractivity contribution < 1.29 is 4.79 Å². The minimum atomic E-state index is 0.207. The van der Waals surface area contributed by atoms with Crippen LogP contribution in [0.5, 0.6) is 0 Å². The summed E-state index contributed by atoms with van der Waals surface area (Å²) in [6.45, 7) is 11.4. The molecule has 2 rings (SSSR count). The quantitative estimate of drug-likeness (QED) is 0.869. The van der Waals surface area contributed by atoms with Crippen molar-refractivity contribution in [1.29, 1.82) is 0 Å². The second-order valence-electron chi connectivity index (χ2n) is 7.19. The first kappa shape index (κ1) is 18.8. The lowest BCUT2D eigenvalue weighted by molar-refractivity contribution is -0.130. The van der Waals surface area contributed by atoms with Crippen molar-refractivity contribution in [1.82, 2.24) is 9.80 Å². The van der Waals surface area contributed by atoms with Crippen molar-refractivity contribution in [2.45, 2.75) is 52.6 Å². The molecular formula is C20H33N3O. The molecule has 0 saturated carbocycles. The fourth-order valence-electron chi connectivity index (χ4n) is 3.54. The molecule has 4 nitrogen and oxygen atoms in total. The molecule has 0 aromatic heterocycles. The van der Waals surface area contributed by atoms with Gasteiger partial charge in [0, 0.05) is 37.4 Å². The lowest BCUT2D eigenvalue weighted by Gasteiger charge is -2.40. The fraction of sp³-hybridized carbons (Fsp3) is 0.650. The van der Waals surface area contributed by atoms with Gasteiger partial charge in [-0.2, -0.15) is 0 Å². The van der Waals surface area contributed by atoms with E-state index in [-0.39, 0.29) is 5.91 Å². The number of benzene rings is 1. The third-order valence-electron chi connectivity index (χ3n) is 5.39. The highest BCUT2D eigenvalue weighted by atomic mass is 16.2. The van der Waals surface area contributed by atoms with E-state index in [0.29, 0.717) is 24.4 Å². The number of carbonyl (C=O) groups excluding carboxylic acids is 1. The normalized spacial score (nSPS) is 24.6. The molecule has 134 valence electrons. The Kier molecular flexibility index (Phi) is 6.67. The van der Waals surface area contributed by atoms with Gasteiger partial charge in [0.05, 0.1) is 6.42 Å². The molecule has 0 bridgehead atoms. The molecule has 3 atom stereocenters. The molecule has 0 unspecified atom stereocenters. The molecule has 1 aliphatic heterocycles. The highest BCUT2D eigenvalue weighted by Gasteiger charge is 2.28. The number of nitrogens with one attached hydrogen (secondary N) is 1. The molecule has 1 N–H and O–H groups in total. The van der Waals surface area contributed by atoms with Gasteiger partial charge in [-0.25, -0.2) is 0 Å². The van der Waals surface area contributed by atoms with E-state index >= 15 is 0 Å². The number of amides is 1. The van der Waals surface area contributed by atoms with E-state index in [1.165, 1.54) is 6.42 Å². The van der Waals surface area contributed by atoms with E-state index in [9.17, 15) is 4.79 Å². The molecule has 1 fully saturated rings. The summed E-state index contributed by atoms with van der Waals surface area (Å²) in [5.74, 6) is 0.841. The van der Waals surface area contributed by atoms with Crippen LogP contribution < -0.4 is 5.32 Å². The number of carbonyl (C=O) groups is 1. The van der Waals surface area contributed by atoms with Crippen LogP contribution in [0.25, 0.3) is 0 Å². The van der Waals surface area contributed by atoms with Crippen LogP contribution in [0.2, 0.25) is 0 Å². The summed E-state index contributed by atoms with van der Waals surface area (Å²) in [5.41, 5.74) is 2.24. The smallest absolute Gasteiger partial charge is 0.226 e. The maximum absolute atomic E-state index is 12.2. The predicted octanol–water partition coefficient (Wildman–Crippen LogP) is 3.24. The summed E-state index contributed by atoms with van der Waals surface area (Å²) in [6, 6.07) is 9.50. The molecule has 1 aliphatic rings. The summed E-state index contributed by atoms with van der Waals surface area (Å²) in [7, 11) is 2.21. The van der Waals surface area contributed by atoms with Crippen molar-refractivity contribution in [2.24, 2.45) is 5.92 Å². The Hall–Kier alpha value is -1.55. The van der Waals surface area contributed by atoms with Crippen molar-refractivity contribution in [3.63, 3.8) is 0 Å². The maximum Gasteiger partial charge on any atom is 0.226 e. The van der Waals surface area contributed by atoms with Crippen LogP contribution in [0.3, 0.4) is 0 Å². The fourth-order valence-corrected chi connectivity index (χ4v) is 3.54. The number of likely N-dealkylation sites (tertiary alicyclic amines) is 1. The van der Waals surface area contributed by atoms with Gasteiger partial charge in [0.15, 0.2) is 0 Å². The predicted molar refractivity (Wildman–Crippen MR) is 101 cm³/mol. The molecule has 4 heteroatoms. The van der Waals surface area contributed by atoms with Crippen LogP contribution in [0.4, 0.5) is 5.69 Å². The number of hydrogen-bond acceptors (Lipinski definition) is 3. The Labute approximate surface area is 147 Å². The van der Waals surface area contributed by atoms with Crippen LogP contribution in [0, 0.1) is 5.92 Å². The third kappa shape index (κ3) is 4.73. The zero-order valence-electron chi connectivity index (χ0n) is 15.9. The lowest BCUT2D eigenvalue weighted by atomic mass is 9.89. The molecule has 1 aromatic carbocycles. The molecule has 0 aliphatic carbocycles. The van der Waals surface area contributed by atoms with Gasteiger partial charge < -0.3 is 15.1 Å². The standard InChI is InChI=1S/C20H33N3O/c1-6-23(7-2)20(24)13-17-8-10-18(11-9-17)21-19-12-16(4)22(5)14-15(19)3/h8-11,15-16,19,21H,6-7,12-14H2,1-5H3/t15-,16-,19-/m1/s1. The highest BCUT2D eigenvalue weighted by molar-refractivity contribution is 5.78. The highest BCUT2D eigenvalue weighted by Crippen LogP contribution is 2.24. The van der Waals surface area contributed by atoms with Crippen molar-refractivity contribution >= 4 is 11.6 Å². The Morgan fingerprint density at radius 3 is 2.42 bits per heavy atom. The Bertz CT molecular complexity index is 524. The zero-order chi connectivity index (χ0) is 17.7. The molecule has 1 saturated heterocycles. The Balaban J connectivity index is 1.93. The summed E-state index contributed by atoms with van der Waals surface area (Å²) in [6.07, 6.45) is 1.66. The van der Waals surface area contributed by atoms with Gasteiger partial charge in [0.2, 0.25) is 5.91 Å². The molecule has 1 aromatic rings. The van der Waals surface area contributed by atoms with Crippen LogP contribution in [-0.2, 0) is 11.2 Å². The molecule has 1 amide bonds. The van der Waals surface area contributed by atoms with Crippen LogP contribution >= 0.6 is 0 Å². The summed E-state index contributed by atoms with van der Waals surface area (Å²) in [4.78, 5) is 16.5. The van der Waals surface area contributed by atoms with Crippen molar-refractivity contribution in [3.8, 4) is 0 Å². The number of nitrogens with zero attached hydrogens (tertiary/aromatic N) is 2. The number of likely N-dealkylation sites (N-methyl/N-ethyl adjacent to an activating group) is 1. The average Bonchev–Trinajstić information content (AvgIpc) is 2.55. The topological polar surface area (TPSA) is 35.6 Å². The molecule has 0 radical (unpaired) electrons. The van der Waals surface area contributed by atoms with E-state index in [0.717, 1.165) is 30.9 Å². The second-order valence-corrected chi connectivity index (χ2v) is 7.19. The van der Waals surface area contributed by atoms with Gasteiger partial charge in [0.1, 0.15) is 0 Å². The zero-order valence-corrected chi connectivity index (χ0v) is 15.9. The SMILES string of the molecule is CCN(CC)C(=O)Cc1ccc(N[C@@H]2C[C@@H](C)N(C)C[C@H]2C)cc1. The van der Waals surface area contributed by atoms with Crippen molar-refractivity contribution in [2.75, 3.05) is 32.0 Å². The van der Waals surface area contributed by atoms with Crippen molar-refractivity contribution in [3.05, 3.63) is 29.8 Å². The minimum absolute atomic E-state index is 0.207. The van der Waals surface area contributed by atoms with Gasteiger partial charge in [-0.05, 0) is 57.9 Å². The van der Waals surface area contributed by atoms with E-state index in [2.05, 4.69) is 55.4 Å². The lowest BCUT2D eigenvalue weighted by Crippen LogP contribution is -2.48. The monoisotopic (exact) mass is 331 g/mol. The Morgan fingerprint density at radius 2 is 1.83 bits per heavy atom. The van der Waals surface area contributed by atoms with E-state index < -0.39 is 0 Å². The number of anilines is 1. The largest absolute Gasteiger partial charge is 0.382 e. The maximum atomic E-state index is 12.2. The van der Waals surface area contributed by atoms with E-state index in [1.807, 2.05) is 18.7 Å². The van der Waals surface area contributed by atoms with Crippen LogP contribution in [-0.4, -0.2) is 54.5 Å². The Morgan fingerprint density at radius 1 is 1.21 bits per heavy atom. The number of rotatable bonds is 6. The first-order valence-corrected chi connectivity index (χ1v) is 9.28. The first-order valence-electron chi connectivity index (χ1n) is 9.28. The van der Waals surface area contributed by atoms with Gasteiger partial charge in [-0.1, -0.05) is 19.1 Å². The molecular weight excluding hydrogens is 298 g/mol. The van der Waals surface area contributed by atoms with Gasteiger partial charge in [-0.15, -0.1) is 0 Å². The first-order chi connectivity index (χ1) is 11.4. The van der Waals surface area contributed by atoms with Crippen LogP contribution in [0.15, 0.2) is 24.3 Å². The van der Waals surface area contributed by atoms with Gasteiger partial charge in [-0.3, -0.25) is 4.79 Å². The summed E-state index contributed by atoms with van der Waals surface area (Å²) < 4.78 is 0. The van der Waals surface area contributed by atoms with E-state index in [1.54, 1.807) is 0 Å². The summed E-state index contributed by atoms with van der Waals surface area (Å²) >= 11 is 0. The minimum Gasteiger partial charge on any atom is -0.382 e. The van der Waals surface area contributed by atoms with Gasteiger partial charge in [0.25, 0.3) is 0 Å². The van der Waals surface area contributed by atoms with Gasteiger partial charge >= 0.3 is 0 Å². The average molecular weight is 332 g/mol. The summed E-state index contributed by atoms with van der Waals surface area (Å²) in [5, 5.41) is 3.69. The second kappa shape index (κ2) is 8.52. The molecule has 24 heavy (non-hydrogen) atoms. The van der Waals surface area contributed by atoms with Crippen LogP contribution in [0.1, 0.15) is 39.7 Å². The van der Waals surface area contributed by atoms with E-state index in [4.69, 9.17) is 0 Å². The molecule has 0 spiro atoms.